The fraction of sp³-hybridized carbons (Fsp3) is 0.368. The second-order valence-electron chi connectivity index (χ2n) is 6.32. The van der Waals surface area contributed by atoms with Gasteiger partial charge >= 0.3 is 0 Å². The lowest BCUT2D eigenvalue weighted by Crippen LogP contribution is -2.30. The average molecular weight is 324 g/mol. The number of nitrogens with zero attached hydrogens (tertiary/aromatic N) is 2. The lowest BCUT2D eigenvalue weighted by molar-refractivity contribution is 0.0942. The Hall–Kier alpha value is -2.74. The number of anilines is 1. The van der Waals surface area contributed by atoms with Gasteiger partial charge in [-0.15, -0.1) is 0 Å². The molecule has 0 unspecified atom stereocenters. The predicted molar refractivity (Wildman–Crippen MR) is 96.0 cm³/mol. The highest BCUT2D eigenvalue weighted by Gasteiger charge is 2.11. The van der Waals surface area contributed by atoms with Crippen molar-refractivity contribution in [3.05, 3.63) is 52.3 Å². The van der Waals surface area contributed by atoms with Gasteiger partial charge in [-0.05, 0) is 63.1 Å². The number of aromatic nitrogens is 1. The second-order valence-corrected chi connectivity index (χ2v) is 6.32. The standard InChI is InChI=1S/C19H24N4O/c1-12(2)22-19(24)18-7-6-16(8-13(18)3)21-11-15-9-17(10-20)23(5)14(15)4/h6-9,12,21H,11H2,1-5H3,(H,22,24). The van der Waals surface area contributed by atoms with Crippen LogP contribution in [0.2, 0.25) is 0 Å². The van der Waals surface area contributed by atoms with Gasteiger partial charge in [-0.2, -0.15) is 5.26 Å². The van der Waals surface area contributed by atoms with Crippen LogP contribution in [0, 0.1) is 25.2 Å². The van der Waals surface area contributed by atoms with Crippen molar-refractivity contribution in [1.82, 2.24) is 9.88 Å². The Labute approximate surface area is 143 Å². The third kappa shape index (κ3) is 3.77. The van der Waals surface area contributed by atoms with Crippen LogP contribution < -0.4 is 10.6 Å². The molecule has 0 aliphatic rings. The van der Waals surface area contributed by atoms with Crippen molar-refractivity contribution < 1.29 is 4.79 Å². The maximum absolute atomic E-state index is 12.1. The van der Waals surface area contributed by atoms with Crippen LogP contribution in [0.15, 0.2) is 24.3 Å². The molecule has 1 amide bonds. The molecule has 0 saturated heterocycles. The zero-order valence-corrected chi connectivity index (χ0v) is 14.9. The molecule has 0 aliphatic heterocycles. The highest BCUT2D eigenvalue weighted by Crippen LogP contribution is 2.19. The highest BCUT2D eigenvalue weighted by atomic mass is 16.1. The van der Waals surface area contributed by atoms with E-state index < -0.39 is 0 Å². The lowest BCUT2D eigenvalue weighted by Gasteiger charge is -2.12. The Kier molecular flexibility index (Phi) is 5.30. The molecular formula is C19H24N4O. The summed E-state index contributed by atoms with van der Waals surface area (Å²) in [5.74, 6) is -0.0494. The van der Waals surface area contributed by atoms with E-state index in [0.717, 1.165) is 22.5 Å². The van der Waals surface area contributed by atoms with E-state index in [2.05, 4.69) is 16.7 Å². The number of nitrogens with one attached hydrogen (secondary N) is 2. The number of benzene rings is 1. The number of nitriles is 1. The van der Waals surface area contributed by atoms with Crippen LogP contribution in [0.4, 0.5) is 5.69 Å². The summed E-state index contributed by atoms with van der Waals surface area (Å²) in [5.41, 5.74) is 5.39. The van der Waals surface area contributed by atoms with Gasteiger partial charge in [-0.3, -0.25) is 4.79 Å². The summed E-state index contributed by atoms with van der Waals surface area (Å²) < 4.78 is 1.89. The number of carbonyl (C=O) groups is 1. The third-order valence-electron chi connectivity index (χ3n) is 4.13. The van der Waals surface area contributed by atoms with E-state index in [0.29, 0.717) is 17.8 Å². The van der Waals surface area contributed by atoms with Gasteiger partial charge in [0.2, 0.25) is 0 Å². The maximum atomic E-state index is 12.1. The van der Waals surface area contributed by atoms with Gasteiger partial charge in [-0.1, -0.05) is 0 Å². The zero-order chi connectivity index (χ0) is 17.9. The largest absolute Gasteiger partial charge is 0.381 e. The maximum Gasteiger partial charge on any atom is 0.251 e. The van der Waals surface area contributed by atoms with Crippen molar-refractivity contribution in [1.29, 1.82) is 5.26 Å². The first-order valence-corrected chi connectivity index (χ1v) is 8.04. The Morgan fingerprint density at radius 2 is 2.00 bits per heavy atom. The molecule has 5 heteroatoms. The van der Waals surface area contributed by atoms with E-state index in [9.17, 15) is 4.79 Å². The molecule has 2 aromatic rings. The average Bonchev–Trinajstić information content (AvgIpc) is 2.79. The summed E-state index contributed by atoms with van der Waals surface area (Å²) in [6.07, 6.45) is 0. The molecule has 0 fully saturated rings. The molecule has 0 bridgehead atoms. The van der Waals surface area contributed by atoms with Crippen LogP contribution in [0.25, 0.3) is 0 Å². The molecule has 2 N–H and O–H groups in total. The van der Waals surface area contributed by atoms with Crippen molar-refractivity contribution in [2.75, 3.05) is 5.32 Å². The molecule has 2 rings (SSSR count). The van der Waals surface area contributed by atoms with E-state index in [4.69, 9.17) is 5.26 Å². The molecule has 24 heavy (non-hydrogen) atoms. The molecule has 1 heterocycles. The van der Waals surface area contributed by atoms with Crippen LogP contribution in [0.5, 0.6) is 0 Å². The van der Waals surface area contributed by atoms with Crippen molar-refractivity contribution in [3.63, 3.8) is 0 Å². The fourth-order valence-corrected chi connectivity index (χ4v) is 2.61. The molecule has 1 aromatic heterocycles. The first-order valence-electron chi connectivity index (χ1n) is 8.04. The van der Waals surface area contributed by atoms with Crippen LogP contribution in [-0.4, -0.2) is 16.5 Å². The minimum Gasteiger partial charge on any atom is -0.381 e. The molecule has 0 saturated carbocycles. The van der Waals surface area contributed by atoms with E-state index in [1.165, 1.54) is 0 Å². The lowest BCUT2D eigenvalue weighted by atomic mass is 10.1. The summed E-state index contributed by atoms with van der Waals surface area (Å²) in [4.78, 5) is 12.1. The number of rotatable bonds is 5. The summed E-state index contributed by atoms with van der Waals surface area (Å²) in [6.45, 7) is 8.46. The van der Waals surface area contributed by atoms with Crippen LogP contribution in [0.1, 0.15) is 46.7 Å². The Bertz CT molecular complexity index is 796. The molecule has 0 atom stereocenters. The van der Waals surface area contributed by atoms with E-state index in [-0.39, 0.29) is 11.9 Å². The number of hydrogen-bond donors (Lipinski definition) is 2. The molecule has 126 valence electrons. The summed E-state index contributed by atoms with van der Waals surface area (Å²) in [7, 11) is 1.89. The molecular weight excluding hydrogens is 300 g/mol. The molecule has 1 aromatic carbocycles. The Morgan fingerprint density at radius 3 is 2.54 bits per heavy atom. The first-order chi connectivity index (χ1) is 11.3. The SMILES string of the molecule is Cc1cc(NCc2cc(C#N)n(C)c2C)ccc1C(=O)NC(C)C. The topological polar surface area (TPSA) is 69.8 Å². The van der Waals surface area contributed by atoms with E-state index in [1.54, 1.807) is 0 Å². The second kappa shape index (κ2) is 7.22. The van der Waals surface area contributed by atoms with Crippen LogP contribution in [-0.2, 0) is 13.6 Å². The van der Waals surface area contributed by atoms with Crippen molar-refractivity contribution in [3.8, 4) is 6.07 Å². The first kappa shape index (κ1) is 17.6. The summed E-state index contributed by atoms with van der Waals surface area (Å²) >= 11 is 0. The summed E-state index contributed by atoms with van der Waals surface area (Å²) in [6, 6.07) is 9.93. The minimum atomic E-state index is -0.0494. The Balaban J connectivity index is 2.11. The van der Waals surface area contributed by atoms with Crippen molar-refractivity contribution in [2.45, 2.75) is 40.3 Å². The van der Waals surface area contributed by atoms with Gasteiger partial charge in [0.1, 0.15) is 11.8 Å². The molecule has 5 nitrogen and oxygen atoms in total. The van der Waals surface area contributed by atoms with Gasteiger partial charge in [0, 0.05) is 36.6 Å². The molecule has 0 radical (unpaired) electrons. The number of hydrogen-bond acceptors (Lipinski definition) is 3. The Morgan fingerprint density at radius 1 is 1.29 bits per heavy atom. The zero-order valence-electron chi connectivity index (χ0n) is 14.9. The van der Waals surface area contributed by atoms with E-state index >= 15 is 0 Å². The molecule has 0 spiro atoms. The van der Waals surface area contributed by atoms with E-state index in [1.807, 2.05) is 63.6 Å². The highest BCUT2D eigenvalue weighted by molar-refractivity contribution is 5.96. The smallest absolute Gasteiger partial charge is 0.251 e. The fourth-order valence-electron chi connectivity index (χ4n) is 2.61. The molecule has 0 aliphatic carbocycles. The quantitative estimate of drug-likeness (QED) is 0.887. The minimum absolute atomic E-state index is 0.0494. The number of aryl methyl sites for hydroxylation is 1. The van der Waals surface area contributed by atoms with Gasteiger partial charge in [-0.25, -0.2) is 0 Å². The number of carbonyl (C=O) groups excluding carboxylic acids is 1. The van der Waals surface area contributed by atoms with Crippen LogP contribution >= 0.6 is 0 Å². The van der Waals surface area contributed by atoms with Gasteiger partial charge in [0.15, 0.2) is 0 Å². The normalized spacial score (nSPS) is 10.5. The van der Waals surface area contributed by atoms with Gasteiger partial charge in [0.05, 0.1) is 0 Å². The predicted octanol–water partition coefficient (Wildman–Crippen LogP) is 3.26. The van der Waals surface area contributed by atoms with Crippen LogP contribution in [0.3, 0.4) is 0 Å². The third-order valence-corrected chi connectivity index (χ3v) is 4.13. The van der Waals surface area contributed by atoms with Crippen molar-refractivity contribution in [2.24, 2.45) is 7.05 Å². The van der Waals surface area contributed by atoms with Crippen molar-refractivity contribution >= 4 is 11.6 Å². The number of amides is 1. The van der Waals surface area contributed by atoms with Gasteiger partial charge < -0.3 is 15.2 Å². The monoisotopic (exact) mass is 324 g/mol. The van der Waals surface area contributed by atoms with Gasteiger partial charge in [0.25, 0.3) is 5.91 Å². The summed E-state index contributed by atoms with van der Waals surface area (Å²) in [5, 5.41) is 15.4.